The molecule has 21 heavy (non-hydrogen) atoms. The second-order valence-corrected chi connectivity index (χ2v) is 6.16. The maximum Gasteiger partial charge on any atom is 0.308 e. The molecule has 1 aromatic heterocycles. The number of carboxylic acid groups (broad SMARTS) is 1. The van der Waals surface area contributed by atoms with Gasteiger partial charge >= 0.3 is 5.97 Å². The van der Waals surface area contributed by atoms with Crippen LogP contribution in [-0.4, -0.2) is 28.5 Å². The highest BCUT2D eigenvalue weighted by Gasteiger charge is 2.24. The molecule has 1 aromatic rings. The minimum atomic E-state index is -0.888. The van der Waals surface area contributed by atoms with Gasteiger partial charge < -0.3 is 10.4 Å². The van der Waals surface area contributed by atoms with E-state index >= 15 is 0 Å². The quantitative estimate of drug-likeness (QED) is 0.788. The normalized spacial score (nSPS) is 13.1. The Hall–Kier alpha value is -2.17. The van der Waals surface area contributed by atoms with Crippen molar-refractivity contribution in [2.75, 3.05) is 6.54 Å². The molecule has 0 aliphatic carbocycles. The van der Waals surface area contributed by atoms with E-state index in [2.05, 4.69) is 10.3 Å². The summed E-state index contributed by atoms with van der Waals surface area (Å²) in [6, 6.07) is 3.61. The van der Waals surface area contributed by atoms with E-state index in [-0.39, 0.29) is 17.9 Å². The van der Waals surface area contributed by atoms with E-state index in [0.29, 0.717) is 6.42 Å². The summed E-state index contributed by atoms with van der Waals surface area (Å²) in [4.78, 5) is 26.8. The van der Waals surface area contributed by atoms with Crippen LogP contribution in [0.2, 0.25) is 0 Å². The lowest BCUT2D eigenvalue weighted by molar-refractivity contribution is -0.142. The SMILES string of the molecule is CC(C)(C)CC(CNC(=O)/C=C/c1cccnc1)C(=O)O. The van der Waals surface area contributed by atoms with Gasteiger partial charge in [-0.1, -0.05) is 26.8 Å². The molecule has 0 bridgehead atoms. The van der Waals surface area contributed by atoms with E-state index in [1.54, 1.807) is 24.5 Å². The van der Waals surface area contributed by atoms with Crippen LogP contribution in [0, 0.1) is 11.3 Å². The minimum absolute atomic E-state index is 0.0979. The lowest BCUT2D eigenvalue weighted by Crippen LogP contribution is -2.34. The summed E-state index contributed by atoms with van der Waals surface area (Å²) in [5.74, 6) is -1.78. The standard InChI is InChI=1S/C16H22N2O3/c1-16(2,3)9-13(15(20)21)11-18-14(19)7-6-12-5-4-8-17-10-12/h4-8,10,13H,9,11H2,1-3H3,(H,18,19)(H,20,21)/b7-6+. The van der Waals surface area contributed by atoms with Crippen molar-refractivity contribution in [1.82, 2.24) is 10.3 Å². The van der Waals surface area contributed by atoms with Crippen molar-refractivity contribution in [3.05, 3.63) is 36.2 Å². The second kappa shape index (κ2) is 7.57. The predicted octanol–water partition coefficient (Wildman–Crippen LogP) is 2.35. The summed E-state index contributed by atoms with van der Waals surface area (Å²) in [7, 11) is 0. The molecule has 0 aliphatic rings. The molecular weight excluding hydrogens is 268 g/mol. The number of nitrogens with zero attached hydrogens (tertiary/aromatic N) is 1. The van der Waals surface area contributed by atoms with Gasteiger partial charge in [-0.05, 0) is 29.5 Å². The van der Waals surface area contributed by atoms with Crippen LogP contribution in [0.5, 0.6) is 0 Å². The van der Waals surface area contributed by atoms with Crippen LogP contribution < -0.4 is 5.32 Å². The Kier molecular flexibility index (Phi) is 6.09. The molecule has 1 unspecified atom stereocenters. The fourth-order valence-corrected chi connectivity index (χ4v) is 1.92. The summed E-state index contributed by atoms with van der Waals surface area (Å²) in [5, 5.41) is 11.8. The van der Waals surface area contributed by atoms with Crippen molar-refractivity contribution >= 4 is 18.0 Å². The van der Waals surface area contributed by atoms with Crippen LogP contribution in [0.3, 0.4) is 0 Å². The molecule has 5 nitrogen and oxygen atoms in total. The lowest BCUT2D eigenvalue weighted by atomic mass is 9.84. The van der Waals surface area contributed by atoms with Gasteiger partial charge in [0.05, 0.1) is 5.92 Å². The Labute approximate surface area is 125 Å². The highest BCUT2D eigenvalue weighted by molar-refractivity contribution is 5.91. The van der Waals surface area contributed by atoms with Gasteiger partial charge in [0.2, 0.25) is 5.91 Å². The van der Waals surface area contributed by atoms with Crippen molar-refractivity contribution in [2.45, 2.75) is 27.2 Å². The summed E-state index contributed by atoms with van der Waals surface area (Å²) in [6.45, 7) is 6.07. The average molecular weight is 290 g/mol. The number of pyridine rings is 1. The van der Waals surface area contributed by atoms with Crippen LogP contribution in [0.1, 0.15) is 32.8 Å². The van der Waals surface area contributed by atoms with E-state index in [1.807, 2.05) is 26.8 Å². The number of rotatable bonds is 6. The second-order valence-electron chi connectivity index (χ2n) is 6.16. The van der Waals surface area contributed by atoms with Crippen LogP contribution in [0.15, 0.2) is 30.6 Å². The highest BCUT2D eigenvalue weighted by atomic mass is 16.4. The minimum Gasteiger partial charge on any atom is -0.481 e. The first-order valence-electron chi connectivity index (χ1n) is 6.87. The molecule has 1 heterocycles. The van der Waals surface area contributed by atoms with Gasteiger partial charge in [0.15, 0.2) is 0 Å². The molecule has 0 radical (unpaired) electrons. The molecular formula is C16H22N2O3. The molecule has 0 saturated carbocycles. The maximum absolute atomic E-state index is 11.7. The molecule has 1 rings (SSSR count). The summed E-state index contributed by atoms with van der Waals surface area (Å²) in [5.41, 5.74) is 0.719. The Morgan fingerprint density at radius 2 is 2.14 bits per heavy atom. The number of carbonyl (C=O) groups is 2. The van der Waals surface area contributed by atoms with E-state index in [4.69, 9.17) is 0 Å². The van der Waals surface area contributed by atoms with Crippen LogP contribution in [0.25, 0.3) is 6.08 Å². The average Bonchev–Trinajstić information content (AvgIpc) is 2.41. The van der Waals surface area contributed by atoms with Crippen molar-refractivity contribution in [1.29, 1.82) is 0 Å². The monoisotopic (exact) mass is 290 g/mol. The molecule has 0 saturated heterocycles. The molecule has 114 valence electrons. The van der Waals surface area contributed by atoms with Gasteiger partial charge in [-0.3, -0.25) is 14.6 Å². The number of aromatic nitrogens is 1. The number of aliphatic carboxylic acids is 1. The van der Waals surface area contributed by atoms with E-state index in [9.17, 15) is 14.7 Å². The third-order valence-electron chi connectivity index (χ3n) is 2.84. The molecule has 1 atom stereocenters. The van der Waals surface area contributed by atoms with Crippen molar-refractivity contribution < 1.29 is 14.7 Å². The van der Waals surface area contributed by atoms with Gasteiger partial charge in [-0.15, -0.1) is 0 Å². The van der Waals surface area contributed by atoms with Crippen molar-refractivity contribution in [3.8, 4) is 0 Å². The van der Waals surface area contributed by atoms with Crippen LogP contribution in [-0.2, 0) is 9.59 Å². The zero-order valence-corrected chi connectivity index (χ0v) is 12.7. The molecule has 1 amide bonds. The van der Waals surface area contributed by atoms with Gasteiger partial charge in [0.25, 0.3) is 0 Å². The molecule has 0 aliphatic heterocycles. The molecule has 0 spiro atoms. The van der Waals surface area contributed by atoms with E-state index < -0.39 is 11.9 Å². The number of carbonyl (C=O) groups excluding carboxylic acids is 1. The third kappa shape index (κ3) is 7.25. The number of carboxylic acids is 1. The number of hydrogen-bond donors (Lipinski definition) is 2. The lowest BCUT2D eigenvalue weighted by Gasteiger charge is -2.23. The highest BCUT2D eigenvalue weighted by Crippen LogP contribution is 2.24. The molecule has 2 N–H and O–H groups in total. The third-order valence-corrected chi connectivity index (χ3v) is 2.84. The first-order chi connectivity index (χ1) is 9.78. The molecule has 0 aromatic carbocycles. The van der Waals surface area contributed by atoms with E-state index in [0.717, 1.165) is 5.56 Å². The fourth-order valence-electron chi connectivity index (χ4n) is 1.92. The van der Waals surface area contributed by atoms with Gasteiger partial charge in [-0.25, -0.2) is 0 Å². The summed E-state index contributed by atoms with van der Waals surface area (Å²) in [6.07, 6.45) is 6.83. The smallest absolute Gasteiger partial charge is 0.308 e. The number of nitrogens with one attached hydrogen (secondary N) is 1. The van der Waals surface area contributed by atoms with Crippen LogP contribution >= 0.6 is 0 Å². The first kappa shape index (κ1) is 16.9. The molecule has 0 fully saturated rings. The predicted molar refractivity (Wildman–Crippen MR) is 81.5 cm³/mol. The largest absolute Gasteiger partial charge is 0.481 e. The van der Waals surface area contributed by atoms with Crippen LogP contribution in [0.4, 0.5) is 0 Å². The van der Waals surface area contributed by atoms with Crippen molar-refractivity contribution in [2.24, 2.45) is 11.3 Å². The first-order valence-corrected chi connectivity index (χ1v) is 6.87. The Balaban J connectivity index is 2.50. The van der Waals surface area contributed by atoms with E-state index in [1.165, 1.54) is 6.08 Å². The number of hydrogen-bond acceptors (Lipinski definition) is 3. The molecule has 5 heteroatoms. The topological polar surface area (TPSA) is 79.3 Å². The summed E-state index contributed by atoms with van der Waals surface area (Å²) < 4.78 is 0. The Bertz CT molecular complexity index is 504. The van der Waals surface area contributed by atoms with Gasteiger partial charge in [0.1, 0.15) is 0 Å². The number of amides is 1. The Morgan fingerprint density at radius 1 is 1.43 bits per heavy atom. The Morgan fingerprint density at radius 3 is 2.67 bits per heavy atom. The van der Waals surface area contributed by atoms with Gasteiger partial charge in [0, 0.05) is 25.0 Å². The van der Waals surface area contributed by atoms with Gasteiger partial charge in [-0.2, -0.15) is 0 Å². The maximum atomic E-state index is 11.7. The van der Waals surface area contributed by atoms with Crippen molar-refractivity contribution in [3.63, 3.8) is 0 Å². The summed E-state index contributed by atoms with van der Waals surface area (Å²) >= 11 is 0. The zero-order chi connectivity index (χ0) is 15.9. The zero-order valence-electron chi connectivity index (χ0n) is 12.7. The fraction of sp³-hybridized carbons (Fsp3) is 0.438.